The maximum Gasteiger partial charge on any atom is 0.193 e. The lowest BCUT2D eigenvalue weighted by Gasteiger charge is -2.29. The normalized spacial score (nSPS) is 30.9. The van der Waals surface area contributed by atoms with Gasteiger partial charge in [-0.05, 0) is 37.0 Å². The van der Waals surface area contributed by atoms with Gasteiger partial charge in [-0.25, -0.2) is 0 Å². The van der Waals surface area contributed by atoms with Crippen LogP contribution in [0.15, 0.2) is 4.99 Å². The summed E-state index contributed by atoms with van der Waals surface area (Å²) in [5, 5.41) is 3.64. The molecule has 1 N–H and O–H groups in total. The van der Waals surface area contributed by atoms with Crippen LogP contribution in [0.4, 0.5) is 0 Å². The molecule has 0 bridgehead atoms. The number of halogens is 1. The first-order valence-electron chi connectivity index (χ1n) is 10.5. The van der Waals surface area contributed by atoms with E-state index >= 15 is 0 Å². The zero-order valence-corrected chi connectivity index (χ0v) is 19.1. The van der Waals surface area contributed by atoms with Gasteiger partial charge in [-0.15, -0.1) is 24.0 Å². The van der Waals surface area contributed by atoms with Gasteiger partial charge in [0.05, 0.1) is 13.2 Å². The molecule has 0 aromatic heterocycles. The van der Waals surface area contributed by atoms with E-state index < -0.39 is 0 Å². The Hall–Kier alpha value is -0.0800. The van der Waals surface area contributed by atoms with Crippen LogP contribution in [0.25, 0.3) is 0 Å². The summed E-state index contributed by atoms with van der Waals surface area (Å²) < 4.78 is 5.46. The number of nitrogens with zero attached hydrogens (tertiary/aromatic N) is 3. The highest BCUT2D eigenvalue weighted by Gasteiger charge is 2.27. The molecule has 0 radical (unpaired) electrons. The number of guanidine groups is 1. The van der Waals surface area contributed by atoms with Crippen molar-refractivity contribution < 1.29 is 4.74 Å². The molecule has 2 saturated heterocycles. The van der Waals surface area contributed by atoms with Crippen molar-refractivity contribution in [2.45, 2.75) is 45.4 Å². The molecule has 2 heterocycles. The molecule has 5 nitrogen and oxygen atoms in total. The minimum Gasteiger partial charge on any atom is -0.379 e. The summed E-state index contributed by atoms with van der Waals surface area (Å²) in [6.45, 7) is 11.0. The van der Waals surface area contributed by atoms with Crippen LogP contribution < -0.4 is 5.32 Å². The smallest absolute Gasteiger partial charge is 0.193 e. The third-order valence-electron chi connectivity index (χ3n) is 6.30. The van der Waals surface area contributed by atoms with E-state index in [-0.39, 0.29) is 24.0 Å². The molecule has 3 atom stereocenters. The highest BCUT2D eigenvalue weighted by atomic mass is 127. The van der Waals surface area contributed by atoms with Gasteiger partial charge in [-0.2, -0.15) is 0 Å². The molecule has 0 spiro atoms. The second-order valence-electron chi connectivity index (χ2n) is 8.41. The maximum absolute atomic E-state index is 5.46. The van der Waals surface area contributed by atoms with Gasteiger partial charge in [0.2, 0.25) is 0 Å². The van der Waals surface area contributed by atoms with E-state index in [1.165, 1.54) is 45.1 Å². The first-order valence-corrected chi connectivity index (χ1v) is 10.5. The van der Waals surface area contributed by atoms with Crippen molar-refractivity contribution in [1.29, 1.82) is 0 Å². The topological polar surface area (TPSA) is 40.1 Å². The lowest BCUT2D eigenvalue weighted by atomic mass is 9.81. The Morgan fingerprint density at radius 2 is 1.92 bits per heavy atom. The van der Waals surface area contributed by atoms with Crippen molar-refractivity contribution in [2.75, 3.05) is 59.5 Å². The van der Waals surface area contributed by atoms with Crippen LogP contribution in [0.3, 0.4) is 0 Å². The van der Waals surface area contributed by atoms with Gasteiger partial charge >= 0.3 is 0 Å². The average molecular weight is 478 g/mol. The van der Waals surface area contributed by atoms with Gasteiger partial charge in [-0.1, -0.05) is 26.2 Å². The Labute approximate surface area is 177 Å². The largest absolute Gasteiger partial charge is 0.379 e. The fourth-order valence-corrected chi connectivity index (χ4v) is 4.87. The summed E-state index contributed by atoms with van der Waals surface area (Å²) in [7, 11) is 1.93. The average Bonchev–Trinajstić information content (AvgIpc) is 3.08. The molecule has 152 valence electrons. The van der Waals surface area contributed by atoms with E-state index in [9.17, 15) is 0 Å². The predicted molar refractivity (Wildman–Crippen MR) is 119 cm³/mol. The summed E-state index contributed by atoms with van der Waals surface area (Å²) in [5.41, 5.74) is 0. The Morgan fingerprint density at radius 3 is 2.65 bits per heavy atom. The van der Waals surface area contributed by atoms with Crippen molar-refractivity contribution in [1.82, 2.24) is 15.1 Å². The van der Waals surface area contributed by atoms with E-state index in [0.29, 0.717) is 0 Å². The molecule has 2 aliphatic heterocycles. The summed E-state index contributed by atoms with van der Waals surface area (Å²) in [6, 6.07) is 0. The Kier molecular flexibility index (Phi) is 9.99. The number of hydrogen-bond donors (Lipinski definition) is 1. The minimum atomic E-state index is 0. The van der Waals surface area contributed by atoms with E-state index in [0.717, 1.165) is 69.7 Å². The van der Waals surface area contributed by atoms with Crippen LogP contribution in [0.5, 0.6) is 0 Å². The SMILES string of the molecule is CN=C(NCCC1CCCC(C)C1)N1CCC(CN2CCOCC2)C1.I. The van der Waals surface area contributed by atoms with Gasteiger partial charge in [0.15, 0.2) is 5.96 Å². The van der Waals surface area contributed by atoms with Crippen LogP contribution in [0, 0.1) is 17.8 Å². The Bertz CT molecular complexity index is 428. The molecule has 26 heavy (non-hydrogen) atoms. The van der Waals surface area contributed by atoms with Gasteiger partial charge in [0.25, 0.3) is 0 Å². The third kappa shape index (κ3) is 6.82. The summed E-state index contributed by atoms with van der Waals surface area (Å²) >= 11 is 0. The van der Waals surface area contributed by atoms with Crippen LogP contribution in [-0.4, -0.2) is 75.3 Å². The number of ether oxygens (including phenoxy) is 1. The first-order chi connectivity index (χ1) is 12.2. The van der Waals surface area contributed by atoms with Crippen molar-refractivity contribution in [3.63, 3.8) is 0 Å². The summed E-state index contributed by atoms with van der Waals surface area (Å²) in [4.78, 5) is 9.58. The van der Waals surface area contributed by atoms with E-state index in [4.69, 9.17) is 4.74 Å². The molecule has 3 fully saturated rings. The molecule has 0 aromatic carbocycles. The molecule has 3 unspecified atom stereocenters. The van der Waals surface area contributed by atoms with Crippen LogP contribution >= 0.6 is 24.0 Å². The van der Waals surface area contributed by atoms with Gasteiger partial charge in [0.1, 0.15) is 0 Å². The molecule has 3 aliphatic rings. The molecule has 6 heteroatoms. The molecule has 1 saturated carbocycles. The van der Waals surface area contributed by atoms with Crippen LogP contribution in [0.2, 0.25) is 0 Å². The minimum absolute atomic E-state index is 0. The molecular weight excluding hydrogens is 439 g/mol. The fourth-order valence-electron chi connectivity index (χ4n) is 4.87. The predicted octanol–water partition coefficient (Wildman–Crippen LogP) is 3.05. The van der Waals surface area contributed by atoms with Crippen LogP contribution in [0.1, 0.15) is 45.4 Å². The number of nitrogens with one attached hydrogen (secondary N) is 1. The van der Waals surface area contributed by atoms with Crippen molar-refractivity contribution in [3.05, 3.63) is 0 Å². The third-order valence-corrected chi connectivity index (χ3v) is 6.30. The molecule has 0 aromatic rings. The second-order valence-corrected chi connectivity index (χ2v) is 8.41. The number of hydrogen-bond acceptors (Lipinski definition) is 3. The zero-order valence-electron chi connectivity index (χ0n) is 16.8. The molecule has 0 amide bonds. The monoisotopic (exact) mass is 478 g/mol. The molecule has 1 aliphatic carbocycles. The van der Waals surface area contributed by atoms with Crippen LogP contribution in [-0.2, 0) is 4.74 Å². The summed E-state index contributed by atoms with van der Waals surface area (Å²) in [6.07, 6.45) is 8.30. The van der Waals surface area contributed by atoms with E-state index in [2.05, 4.69) is 27.0 Å². The van der Waals surface area contributed by atoms with Crippen molar-refractivity contribution >= 4 is 29.9 Å². The lowest BCUT2D eigenvalue weighted by Crippen LogP contribution is -2.42. The Morgan fingerprint density at radius 1 is 1.12 bits per heavy atom. The van der Waals surface area contributed by atoms with E-state index in [1.807, 2.05) is 7.05 Å². The maximum atomic E-state index is 5.46. The number of aliphatic imine (C=N–C) groups is 1. The van der Waals surface area contributed by atoms with Crippen molar-refractivity contribution in [3.8, 4) is 0 Å². The lowest BCUT2D eigenvalue weighted by molar-refractivity contribution is 0.0315. The quantitative estimate of drug-likeness (QED) is 0.375. The molecule has 3 rings (SSSR count). The van der Waals surface area contributed by atoms with Gasteiger partial charge in [0, 0.05) is 46.3 Å². The number of likely N-dealkylation sites (tertiary alicyclic amines) is 1. The number of morpholine rings is 1. The fraction of sp³-hybridized carbons (Fsp3) is 0.950. The standard InChI is InChI=1S/C20H38N4O.HI/c1-17-4-3-5-18(14-17)6-8-22-20(21-2)24-9-7-19(16-24)15-23-10-12-25-13-11-23;/h17-19H,3-16H2,1-2H3,(H,21,22);1H. The Balaban J connectivity index is 0.00000243. The zero-order chi connectivity index (χ0) is 17.5. The van der Waals surface area contributed by atoms with Gasteiger partial charge < -0.3 is 15.0 Å². The molecular formula is C20H39IN4O. The van der Waals surface area contributed by atoms with Gasteiger partial charge in [-0.3, -0.25) is 9.89 Å². The first kappa shape index (κ1) is 22.2. The highest BCUT2D eigenvalue weighted by molar-refractivity contribution is 14.0. The summed E-state index contributed by atoms with van der Waals surface area (Å²) in [5.74, 6) is 3.74. The van der Waals surface area contributed by atoms with Crippen molar-refractivity contribution in [2.24, 2.45) is 22.7 Å². The highest BCUT2D eigenvalue weighted by Crippen LogP contribution is 2.30. The number of rotatable bonds is 5. The van der Waals surface area contributed by atoms with E-state index in [1.54, 1.807) is 0 Å². The second kappa shape index (κ2) is 11.7.